The SMILES string of the molecule is CCC1CCCCC1(O)C#CBr. The summed E-state index contributed by atoms with van der Waals surface area (Å²) in [5.74, 6) is 3.26. The zero-order valence-corrected chi connectivity index (χ0v) is 9.02. The molecule has 0 aromatic rings. The molecular formula is C10H15BrO. The van der Waals surface area contributed by atoms with Crippen LogP contribution in [0.1, 0.15) is 39.0 Å². The molecule has 68 valence electrons. The molecular weight excluding hydrogens is 216 g/mol. The molecule has 1 saturated carbocycles. The van der Waals surface area contributed by atoms with Gasteiger partial charge in [0.05, 0.1) is 0 Å². The largest absolute Gasteiger partial charge is 0.377 e. The first-order valence-electron chi connectivity index (χ1n) is 4.58. The fourth-order valence-corrected chi connectivity index (χ4v) is 2.36. The molecule has 1 aliphatic rings. The minimum atomic E-state index is -0.712. The van der Waals surface area contributed by atoms with Gasteiger partial charge in [-0.25, -0.2) is 0 Å². The van der Waals surface area contributed by atoms with E-state index in [1.54, 1.807) is 0 Å². The summed E-state index contributed by atoms with van der Waals surface area (Å²) in [6.07, 6.45) is 5.33. The normalized spacial score (nSPS) is 35.4. The number of rotatable bonds is 1. The Labute approximate surface area is 82.7 Å². The van der Waals surface area contributed by atoms with Gasteiger partial charge in [-0.2, -0.15) is 0 Å². The lowest BCUT2D eigenvalue weighted by molar-refractivity contribution is 0.00281. The molecule has 2 heteroatoms. The lowest BCUT2D eigenvalue weighted by atomic mass is 9.75. The Morgan fingerprint density at radius 2 is 2.33 bits per heavy atom. The first-order valence-corrected chi connectivity index (χ1v) is 5.37. The molecule has 1 rings (SSSR count). The molecule has 1 N–H and O–H groups in total. The van der Waals surface area contributed by atoms with Gasteiger partial charge in [0.1, 0.15) is 5.60 Å². The molecule has 12 heavy (non-hydrogen) atoms. The van der Waals surface area contributed by atoms with Crippen LogP contribution in [-0.2, 0) is 0 Å². The van der Waals surface area contributed by atoms with Crippen LogP contribution in [0.25, 0.3) is 0 Å². The summed E-state index contributed by atoms with van der Waals surface area (Å²) in [6.45, 7) is 2.12. The summed E-state index contributed by atoms with van der Waals surface area (Å²) in [7, 11) is 0. The van der Waals surface area contributed by atoms with Crippen molar-refractivity contribution in [2.24, 2.45) is 5.92 Å². The third-order valence-corrected chi connectivity index (χ3v) is 2.99. The van der Waals surface area contributed by atoms with Crippen molar-refractivity contribution < 1.29 is 5.11 Å². The predicted molar refractivity (Wildman–Crippen MR) is 53.9 cm³/mol. The van der Waals surface area contributed by atoms with Crippen molar-refractivity contribution in [2.45, 2.75) is 44.6 Å². The molecule has 1 aliphatic carbocycles. The zero-order chi connectivity index (χ0) is 9.03. The number of aliphatic hydroxyl groups is 1. The molecule has 2 atom stereocenters. The van der Waals surface area contributed by atoms with E-state index in [2.05, 4.69) is 33.6 Å². The molecule has 0 aliphatic heterocycles. The molecule has 0 spiro atoms. The summed E-state index contributed by atoms with van der Waals surface area (Å²) < 4.78 is 0. The number of hydrogen-bond donors (Lipinski definition) is 1. The highest BCUT2D eigenvalue weighted by Crippen LogP contribution is 2.35. The molecule has 1 fully saturated rings. The molecule has 0 aromatic carbocycles. The summed E-state index contributed by atoms with van der Waals surface area (Å²) in [6, 6.07) is 0. The van der Waals surface area contributed by atoms with E-state index >= 15 is 0 Å². The van der Waals surface area contributed by atoms with Gasteiger partial charge in [0.15, 0.2) is 0 Å². The second-order valence-electron chi connectivity index (χ2n) is 3.49. The van der Waals surface area contributed by atoms with Gasteiger partial charge < -0.3 is 5.11 Å². The molecule has 0 aromatic heterocycles. The van der Waals surface area contributed by atoms with Gasteiger partial charge in [0.2, 0.25) is 0 Å². The van der Waals surface area contributed by atoms with Crippen molar-refractivity contribution >= 4 is 15.9 Å². The van der Waals surface area contributed by atoms with Crippen LogP contribution >= 0.6 is 15.9 Å². The Morgan fingerprint density at radius 3 is 2.92 bits per heavy atom. The smallest absolute Gasteiger partial charge is 0.129 e. The minimum Gasteiger partial charge on any atom is -0.377 e. The Morgan fingerprint density at radius 1 is 1.58 bits per heavy atom. The van der Waals surface area contributed by atoms with Crippen molar-refractivity contribution in [3.8, 4) is 10.8 Å². The van der Waals surface area contributed by atoms with Crippen LogP contribution in [0.2, 0.25) is 0 Å². The molecule has 0 radical (unpaired) electrons. The third kappa shape index (κ3) is 2.02. The average Bonchev–Trinajstić information content (AvgIpc) is 2.05. The zero-order valence-electron chi connectivity index (χ0n) is 7.44. The monoisotopic (exact) mass is 230 g/mol. The van der Waals surface area contributed by atoms with Gasteiger partial charge in [-0.3, -0.25) is 0 Å². The highest BCUT2D eigenvalue weighted by Gasteiger charge is 2.35. The van der Waals surface area contributed by atoms with Crippen LogP contribution < -0.4 is 0 Å². The van der Waals surface area contributed by atoms with Gasteiger partial charge in [0, 0.05) is 15.9 Å². The van der Waals surface area contributed by atoms with Crippen molar-refractivity contribution in [3.63, 3.8) is 0 Å². The van der Waals surface area contributed by atoms with Crippen molar-refractivity contribution in [2.75, 3.05) is 0 Å². The number of halogens is 1. The topological polar surface area (TPSA) is 20.2 Å². The minimum absolute atomic E-state index is 0.372. The Kier molecular flexibility index (Phi) is 3.61. The summed E-state index contributed by atoms with van der Waals surface area (Å²) in [4.78, 5) is 2.65. The first-order chi connectivity index (χ1) is 5.73. The van der Waals surface area contributed by atoms with Gasteiger partial charge >= 0.3 is 0 Å². The second-order valence-corrected chi connectivity index (χ2v) is 3.89. The van der Waals surface area contributed by atoms with Crippen LogP contribution in [0.5, 0.6) is 0 Å². The molecule has 0 heterocycles. The van der Waals surface area contributed by atoms with E-state index in [1.807, 2.05) is 0 Å². The highest BCUT2D eigenvalue weighted by atomic mass is 79.9. The van der Waals surface area contributed by atoms with E-state index < -0.39 is 5.60 Å². The third-order valence-electron chi connectivity index (χ3n) is 2.79. The maximum absolute atomic E-state index is 10.1. The maximum atomic E-state index is 10.1. The Hall–Kier alpha value is 0. The van der Waals surface area contributed by atoms with Gasteiger partial charge in [0.25, 0.3) is 0 Å². The van der Waals surface area contributed by atoms with E-state index in [1.165, 1.54) is 6.42 Å². The van der Waals surface area contributed by atoms with Gasteiger partial charge in [-0.15, -0.1) is 0 Å². The fourth-order valence-electron chi connectivity index (χ4n) is 2.02. The van der Waals surface area contributed by atoms with E-state index in [0.29, 0.717) is 5.92 Å². The van der Waals surface area contributed by atoms with E-state index in [4.69, 9.17) is 0 Å². The van der Waals surface area contributed by atoms with E-state index in [0.717, 1.165) is 25.7 Å². The molecule has 0 amide bonds. The average molecular weight is 231 g/mol. The standard InChI is InChI=1S/C10H15BrO/c1-2-9-5-3-4-6-10(9,12)7-8-11/h9,12H,2-6H2,1H3. The second kappa shape index (κ2) is 4.30. The van der Waals surface area contributed by atoms with E-state index in [9.17, 15) is 5.11 Å². The summed E-state index contributed by atoms with van der Waals surface area (Å²) in [5.41, 5.74) is -0.712. The van der Waals surface area contributed by atoms with Crippen LogP contribution in [0.15, 0.2) is 0 Å². The van der Waals surface area contributed by atoms with Crippen LogP contribution in [0.4, 0.5) is 0 Å². The predicted octanol–water partition coefficient (Wildman–Crippen LogP) is 2.67. The molecule has 1 nitrogen and oxygen atoms in total. The summed E-state index contributed by atoms with van der Waals surface area (Å²) >= 11 is 3.06. The lowest BCUT2D eigenvalue weighted by Crippen LogP contribution is -2.38. The quantitative estimate of drug-likeness (QED) is 0.688. The van der Waals surface area contributed by atoms with E-state index in [-0.39, 0.29) is 0 Å². The van der Waals surface area contributed by atoms with Crippen molar-refractivity contribution in [1.82, 2.24) is 0 Å². The van der Waals surface area contributed by atoms with Crippen LogP contribution in [0.3, 0.4) is 0 Å². The lowest BCUT2D eigenvalue weighted by Gasteiger charge is -2.35. The molecule has 2 unspecified atom stereocenters. The Bertz CT molecular complexity index is 204. The fraction of sp³-hybridized carbons (Fsp3) is 0.800. The summed E-state index contributed by atoms with van der Waals surface area (Å²) in [5, 5.41) is 10.1. The maximum Gasteiger partial charge on any atom is 0.129 e. The van der Waals surface area contributed by atoms with Crippen LogP contribution in [0, 0.1) is 16.7 Å². The first kappa shape index (κ1) is 10.1. The van der Waals surface area contributed by atoms with Crippen molar-refractivity contribution in [3.05, 3.63) is 0 Å². The Balaban J connectivity index is 2.73. The molecule has 0 saturated heterocycles. The van der Waals surface area contributed by atoms with Gasteiger partial charge in [-0.05, 0) is 36.4 Å². The van der Waals surface area contributed by atoms with Crippen molar-refractivity contribution in [1.29, 1.82) is 0 Å². The van der Waals surface area contributed by atoms with Crippen LogP contribution in [-0.4, -0.2) is 10.7 Å². The highest BCUT2D eigenvalue weighted by molar-refractivity contribution is 9.12. The van der Waals surface area contributed by atoms with Gasteiger partial charge in [-0.1, -0.05) is 19.3 Å². The number of hydrogen-bond acceptors (Lipinski definition) is 1. The molecule has 0 bridgehead atoms.